The van der Waals surface area contributed by atoms with Crippen molar-refractivity contribution in [1.82, 2.24) is 10.3 Å². The molecule has 1 aromatic carbocycles. The number of hydrazone groups is 1. The number of amidine groups is 1. The quantitative estimate of drug-likeness (QED) is 0.806. The highest BCUT2D eigenvalue weighted by atomic mass is 79.9. The highest BCUT2D eigenvalue weighted by Crippen LogP contribution is 2.44. The first-order chi connectivity index (χ1) is 11.8. The molecule has 1 unspecified atom stereocenters. The third-order valence-corrected chi connectivity index (χ3v) is 6.01. The average Bonchev–Trinajstić information content (AvgIpc) is 2.55. The smallest absolute Gasteiger partial charge is 0.262 e. The fraction of sp³-hybridized carbons (Fsp3) is 0.529. The van der Waals surface area contributed by atoms with E-state index in [-0.39, 0.29) is 17.5 Å². The van der Waals surface area contributed by atoms with E-state index in [1.165, 1.54) is 0 Å². The number of fused-ring (bicyclic) bond motifs is 3. The summed E-state index contributed by atoms with van der Waals surface area (Å²) in [5.74, 6) is 1.38. The second-order valence-corrected chi connectivity index (χ2v) is 8.19. The minimum absolute atomic E-state index is 0.0861. The van der Waals surface area contributed by atoms with Crippen LogP contribution in [0.4, 0.5) is 11.4 Å². The van der Waals surface area contributed by atoms with Crippen LogP contribution in [0, 0.1) is 0 Å². The number of hydrogen-bond acceptors (Lipinski definition) is 6. The van der Waals surface area contributed by atoms with Gasteiger partial charge in [0.2, 0.25) is 0 Å². The minimum Gasteiger partial charge on any atom is -0.483 e. The van der Waals surface area contributed by atoms with E-state index in [0.29, 0.717) is 6.61 Å². The lowest BCUT2D eigenvalue weighted by atomic mass is 9.90. The van der Waals surface area contributed by atoms with E-state index in [1.54, 1.807) is 0 Å². The Balaban J connectivity index is 1.76. The molecule has 4 rings (SSSR count). The molecule has 0 aromatic heterocycles. The van der Waals surface area contributed by atoms with Crippen molar-refractivity contribution in [1.29, 1.82) is 0 Å². The number of anilines is 2. The first-order valence-electron chi connectivity index (χ1n) is 8.34. The average molecular weight is 408 g/mol. The maximum Gasteiger partial charge on any atom is 0.262 e. The number of ether oxygens (including phenoxy) is 1. The zero-order chi connectivity index (χ0) is 17.9. The SMILES string of the molecule is CC1C(=O)NN=C2COc3cc(Br)c(N(C)C4(C)CN(C)C4)cc3N21. The normalized spacial score (nSPS) is 24.4. The van der Waals surface area contributed by atoms with Gasteiger partial charge in [-0.15, -0.1) is 0 Å². The Hall–Kier alpha value is -1.80. The summed E-state index contributed by atoms with van der Waals surface area (Å²) >= 11 is 3.69. The van der Waals surface area contributed by atoms with Crippen LogP contribution < -0.4 is 20.0 Å². The van der Waals surface area contributed by atoms with Gasteiger partial charge >= 0.3 is 0 Å². The number of nitrogens with zero attached hydrogens (tertiary/aromatic N) is 4. The lowest BCUT2D eigenvalue weighted by molar-refractivity contribution is -0.122. The summed E-state index contributed by atoms with van der Waals surface area (Å²) < 4.78 is 6.84. The van der Waals surface area contributed by atoms with E-state index in [9.17, 15) is 4.79 Å². The fourth-order valence-electron chi connectivity index (χ4n) is 3.91. The van der Waals surface area contributed by atoms with Crippen LogP contribution in [0.2, 0.25) is 0 Å². The van der Waals surface area contributed by atoms with Gasteiger partial charge in [-0.25, -0.2) is 5.43 Å². The van der Waals surface area contributed by atoms with Gasteiger partial charge in [0.25, 0.3) is 5.91 Å². The molecule has 1 saturated heterocycles. The Morgan fingerprint density at radius 1 is 1.44 bits per heavy atom. The molecule has 0 spiro atoms. The Kier molecular flexibility index (Phi) is 3.73. The summed E-state index contributed by atoms with van der Waals surface area (Å²) in [5.41, 5.74) is 4.61. The van der Waals surface area contributed by atoms with Gasteiger partial charge < -0.3 is 19.4 Å². The standard InChI is InChI=1S/C17H22BrN5O2/c1-10-16(24)20-19-15-7-25-14-5-11(18)12(6-13(14)23(10)15)22(4)17(2)8-21(3)9-17/h5-6,10H,7-9H2,1-4H3,(H,20,24). The maximum atomic E-state index is 12.1. The number of likely N-dealkylation sites (tertiary alicyclic amines) is 1. The fourth-order valence-corrected chi connectivity index (χ4v) is 4.50. The second kappa shape index (κ2) is 5.60. The predicted octanol–water partition coefficient (Wildman–Crippen LogP) is 1.62. The second-order valence-electron chi connectivity index (χ2n) is 7.34. The molecule has 1 aromatic rings. The lowest BCUT2D eigenvalue weighted by Crippen LogP contribution is -2.66. The summed E-state index contributed by atoms with van der Waals surface area (Å²) in [6.45, 7) is 6.52. The molecule has 134 valence electrons. The molecule has 3 heterocycles. The number of likely N-dealkylation sites (N-methyl/N-ethyl adjacent to an activating group) is 2. The molecule has 25 heavy (non-hydrogen) atoms. The Bertz CT molecular complexity index is 775. The van der Waals surface area contributed by atoms with Gasteiger partial charge in [0.15, 0.2) is 5.84 Å². The van der Waals surface area contributed by atoms with Crippen molar-refractivity contribution in [3.8, 4) is 5.75 Å². The molecule has 1 atom stereocenters. The van der Waals surface area contributed by atoms with Crippen LogP contribution in [0.3, 0.4) is 0 Å². The molecule has 3 aliphatic rings. The molecular weight excluding hydrogens is 386 g/mol. The summed E-state index contributed by atoms with van der Waals surface area (Å²) in [6, 6.07) is 3.76. The summed E-state index contributed by atoms with van der Waals surface area (Å²) in [6.07, 6.45) is 0. The molecule has 1 N–H and O–H groups in total. The molecule has 0 radical (unpaired) electrons. The lowest BCUT2D eigenvalue weighted by Gasteiger charge is -2.53. The number of amides is 1. The van der Waals surface area contributed by atoms with Gasteiger partial charge in [0, 0.05) is 24.6 Å². The Morgan fingerprint density at radius 2 is 2.16 bits per heavy atom. The van der Waals surface area contributed by atoms with Gasteiger partial charge in [0.1, 0.15) is 18.4 Å². The highest BCUT2D eigenvalue weighted by molar-refractivity contribution is 9.10. The van der Waals surface area contributed by atoms with Crippen molar-refractivity contribution in [3.63, 3.8) is 0 Å². The van der Waals surface area contributed by atoms with Crippen molar-refractivity contribution in [3.05, 3.63) is 16.6 Å². The first kappa shape index (κ1) is 16.7. The Labute approximate surface area is 155 Å². The monoisotopic (exact) mass is 407 g/mol. The number of carbonyl (C=O) groups excluding carboxylic acids is 1. The van der Waals surface area contributed by atoms with Gasteiger partial charge in [0.05, 0.1) is 16.9 Å². The van der Waals surface area contributed by atoms with Crippen LogP contribution in [0.15, 0.2) is 21.7 Å². The molecule has 3 aliphatic heterocycles. The van der Waals surface area contributed by atoms with E-state index < -0.39 is 0 Å². The third kappa shape index (κ3) is 2.50. The topological polar surface area (TPSA) is 60.4 Å². The number of nitrogens with one attached hydrogen (secondary N) is 1. The zero-order valence-corrected chi connectivity index (χ0v) is 16.4. The summed E-state index contributed by atoms with van der Waals surface area (Å²) in [4.78, 5) is 18.6. The predicted molar refractivity (Wildman–Crippen MR) is 101 cm³/mol. The highest BCUT2D eigenvalue weighted by Gasteiger charge is 2.42. The number of carbonyl (C=O) groups is 1. The maximum absolute atomic E-state index is 12.1. The van der Waals surface area contributed by atoms with Gasteiger partial charge in [-0.1, -0.05) is 0 Å². The molecule has 8 heteroatoms. The summed E-state index contributed by atoms with van der Waals surface area (Å²) in [7, 11) is 4.24. The largest absolute Gasteiger partial charge is 0.483 e. The molecule has 0 aliphatic carbocycles. The molecule has 1 fully saturated rings. The van der Waals surface area contributed by atoms with Gasteiger partial charge in [-0.05, 0) is 49.0 Å². The molecule has 7 nitrogen and oxygen atoms in total. The first-order valence-corrected chi connectivity index (χ1v) is 9.14. The van der Waals surface area contributed by atoms with Crippen molar-refractivity contribution in [2.45, 2.75) is 25.4 Å². The number of rotatable bonds is 2. The number of hydrogen-bond donors (Lipinski definition) is 1. The van der Waals surface area contributed by atoms with Crippen molar-refractivity contribution < 1.29 is 9.53 Å². The van der Waals surface area contributed by atoms with Crippen molar-refractivity contribution >= 4 is 39.0 Å². The van der Waals surface area contributed by atoms with E-state index in [2.05, 4.69) is 63.3 Å². The van der Waals surface area contributed by atoms with Crippen LogP contribution in [0.25, 0.3) is 0 Å². The van der Waals surface area contributed by atoms with E-state index >= 15 is 0 Å². The van der Waals surface area contributed by atoms with Gasteiger partial charge in [-0.3, -0.25) is 4.79 Å². The summed E-state index contributed by atoms with van der Waals surface area (Å²) in [5, 5.41) is 4.15. The molecule has 1 amide bonds. The molecule has 0 saturated carbocycles. The number of benzene rings is 1. The third-order valence-electron chi connectivity index (χ3n) is 5.38. The van der Waals surface area contributed by atoms with Crippen molar-refractivity contribution in [2.75, 3.05) is 43.6 Å². The molecular formula is C17H22BrN5O2. The van der Waals surface area contributed by atoms with Crippen LogP contribution in [-0.4, -0.2) is 62.0 Å². The van der Waals surface area contributed by atoms with E-state index in [0.717, 1.165) is 40.5 Å². The van der Waals surface area contributed by atoms with Crippen LogP contribution in [-0.2, 0) is 4.79 Å². The van der Waals surface area contributed by atoms with E-state index in [4.69, 9.17) is 4.74 Å². The Morgan fingerprint density at radius 3 is 2.84 bits per heavy atom. The zero-order valence-electron chi connectivity index (χ0n) is 14.8. The number of halogens is 1. The van der Waals surface area contributed by atoms with Crippen LogP contribution in [0.1, 0.15) is 13.8 Å². The molecule has 0 bridgehead atoms. The van der Waals surface area contributed by atoms with Gasteiger partial charge in [-0.2, -0.15) is 5.10 Å². The van der Waals surface area contributed by atoms with Crippen LogP contribution in [0.5, 0.6) is 5.75 Å². The van der Waals surface area contributed by atoms with Crippen LogP contribution >= 0.6 is 15.9 Å². The minimum atomic E-state index is -0.320. The van der Waals surface area contributed by atoms with E-state index in [1.807, 2.05) is 17.9 Å². The van der Waals surface area contributed by atoms with Crippen molar-refractivity contribution in [2.24, 2.45) is 5.10 Å².